The van der Waals surface area contributed by atoms with Crippen molar-refractivity contribution in [2.75, 3.05) is 11.1 Å². The van der Waals surface area contributed by atoms with Gasteiger partial charge in [-0.15, -0.1) is 12.4 Å². The number of aryl methyl sites for hydroxylation is 1. The van der Waals surface area contributed by atoms with Gasteiger partial charge in [0.2, 0.25) is 11.7 Å². The number of carboxylic acids is 1. The average Bonchev–Trinajstić information content (AvgIpc) is 3.80. The molecular formula is C30H26ClN9O8. The standard InChI is InChI=1S/C19H14N6O6.C11H11N3O2.ClH/c26-14-7-25-13(17(28)29)6-12(21-18(25)22-14)16(27)20-11-4-2-8-5-9(1-3-10(8)11)15-23-19(30)31-24-15;12-5-6-2-1-3-7(4-6)14-9-8(13)10(15)11(9)16;/h1,3,5-7,11,26H,2,4H2,(H,20,27)(H,28,29)(H,23,24,30);1-4,14H,5,12-13H2;1H/t11-;;/m0../s1. The van der Waals surface area contributed by atoms with Crippen LogP contribution >= 0.6 is 12.4 Å². The smallest absolute Gasteiger partial charge is 0.439 e. The Kier molecular flexibility index (Phi) is 9.08. The van der Waals surface area contributed by atoms with Crippen molar-refractivity contribution >= 4 is 47.1 Å². The molecule has 3 aromatic carbocycles. The third-order valence-corrected chi connectivity index (χ3v) is 7.50. The molecule has 3 aromatic heterocycles. The van der Waals surface area contributed by atoms with Gasteiger partial charge in [0.1, 0.15) is 22.8 Å². The van der Waals surface area contributed by atoms with Crippen LogP contribution < -0.4 is 38.7 Å². The number of aromatic hydroxyl groups is 1. The quantitative estimate of drug-likeness (QED) is 0.118. The highest BCUT2D eigenvalue weighted by Crippen LogP contribution is 2.33. The van der Waals surface area contributed by atoms with E-state index in [2.05, 4.69) is 35.3 Å². The predicted molar refractivity (Wildman–Crippen MR) is 173 cm³/mol. The van der Waals surface area contributed by atoms with Gasteiger partial charge in [-0.3, -0.25) is 28.3 Å². The lowest BCUT2D eigenvalue weighted by Crippen LogP contribution is -2.36. The number of nitrogen functional groups attached to an aromatic ring is 1. The van der Waals surface area contributed by atoms with E-state index < -0.39 is 34.4 Å². The lowest BCUT2D eigenvalue weighted by atomic mass is 10.0. The van der Waals surface area contributed by atoms with Crippen LogP contribution in [0.1, 0.15) is 50.1 Å². The summed E-state index contributed by atoms with van der Waals surface area (Å²) in [4.78, 5) is 67.8. The summed E-state index contributed by atoms with van der Waals surface area (Å²) in [6, 6.07) is 13.6. The molecule has 6 aromatic rings. The summed E-state index contributed by atoms with van der Waals surface area (Å²) in [5.41, 5.74) is 13.7. The van der Waals surface area contributed by atoms with Crippen LogP contribution in [0.2, 0.25) is 0 Å². The van der Waals surface area contributed by atoms with E-state index in [1.807, 2.05) is 24.3 Å². The lowest BCUT2D eigenvalue weighted by Gasteiger charge is -2.14. The Morgan fingerprint density at radius 2 is 1.88 bits per heavy atom. The molecule has 0 spiro atoms. The number of aromatic amines is 1. The highest BCUT2D eigenvalue weighted by atomic mass is 35.5. The Morgan fingerprint density at radius 3 is 2.56 bits per heavy atom. The zero-order valence-electron chi connectivity index (χ0n) is 24.6. The van der Waals surface area contributed by atoms with E-state index in [0.29, 0.717) is 36.5 Å². The van der Waals surface area contributed by atoms with E-state index in [4.69, 9.17) is 11.5 Å². The zero-order valence-corrected chi connectivity index (χ0v) is 25.4. The minimum atomic E-state index is -1.29. The van der Waals surface area contributed by atoms with E-state index in [0.717, 1.165) is 33.4 Å². The highest BCUT2D eigenvalue weighted by Gasteiger charge is 2.27. The number of carboxylic acid groups (broad SMARTS) is 1. The monoisotopic (exact) mass is 675 g/mol. The molecule has 246 valence electrons. The summed E-state index contributed by atoms with van der Waals surface area (Å²) in [6.07, 6.45) is 2.44. The second kappa shape index (κ2) is 13.2. The number of nitrogens with one attached hydrogen (secondary N) is 3. The van der Waals surface area contributed by atoms with Crippen molar-refractivity contribution in [3.63, 3.8) is 0 Å². The Labute approximate surface area is 274 Å². The van der Waals surface area contributed by atoms with Gasteiger partial charge in [0.25, 0.3) is 16.8 Å². The van der Waals surface area contributed by atoms with Crippen LogP contribution in [0.5, 0.6) is 5.88 Å². The number of aromatic nitrogens is 5. The largest absolute Gasteiger partial charge is 0.492 e. The molecule has 0 unspecified atom stereocenters. The Bertz CT molecular complexity index is 2320. The number of anilines is 3. The average molecular weight is 676 g/mol. The van der Waals surface area contributed by atoms with Gasteiger partial charge in [-0.2, -0.15) is 4.98 Å². The summed E-state index contributed by atoms with van der Waals surface area (Å²) in [5, 5.41) is 28.3. The van der Waals surface area contributed by atoms with Crippen LogP contribution in [-0.4, -0.2) is 46.6 Å². The summed E-state index contributed by atoms with van der Waals surface area (Å²) >= 11 is 0. The molecule has 18 heteroatoms. The van der Waals surface area contributed by atoms with Crippen LogP contribution in [0.15, 0.2) is 73.6 Å². The third-order valence-electron chi connectivity index (χ3n) is 7.50. The van der Waals surface area contributed by atoms with Gasteiger partial charge in [-0.05, 0) is 47.7 Å². The first-order valence-electron chi connectivity index (χ1n) is 14.0. The first kappa shape index (κ1) is 33.0. The van der Waals surface area contributed by atoms with Crippen LogP contribution in [-0.2, 0) is 13.0 Å². The number of nitrogens with two attached hydrogens (primary N) is 2. The molecule has 1 amide bonds. The summed E-state index contributed by atoms with van der Waals surface area (Å²) < 4.78 is 5.62. The van der Waals surface area contributed by atoms with E-state index in [-0.39, 0.29) is 47.0 Å². The molecule has 0 fully saturated rings. The van der Waals surface area contributed by atoms with Gasteiger partial charge in [0, 0.05) is 23.9 Å². The van der Waals surface area contributed by atoms with Gasteiger partial charge in [0.05, 0.1) is 12.2 Å². The van der Waals surface area contributed by atoms with Crippen molar-refractivity contribution in [3.8, 4) is 17.3 Å². The number of rotatable bonds is 7. The number of fused-ring (bicyclic) bond motifs is 2. The number of carbonyl (C=O) groups excluding carboxylic acids is 1. The maximum Gasteiger partial charge on any atom is 0.439 e. The number of carbonyl (C=O) groups is 2. The molecule has 1 atom stereocenters. The fraction of sp³-hybridized carbons (Fsp3) is 0.133. The fourth-order valence-corrected chi connectivity index (χ4v) is 5.19. The first-order chi connectivity index (χ1) is 22.5. The molecular weight excluding hydrogens is 650 g/mol. The van der Waals surface area contributed by atoms with Crippen LogP contribution in [0.4, 0.5) is 17.1 Å². The molecule has 1 aliphatic carbocycles. The van der Waals surface area contributed by atoms with Crippen LogP contribution in [0, 0.1) is 0 Å². The van der Waals surface area contributed by atoms with Crippen molar-refractivity contribution in [1.29, 1.82) is 0 Å². The molecule has 48 heavy (non-hydrogen) atoms. The van der Waals surface area contributed by atoms with E-state index in [1.165, 1.54) is 0 Å². The lowest BCUT2D eigenvalue weighted by molar-refractivity contribution is 0.0688. The van der Waals surface area contributed by atoms with Crippen molar-refractivity contribution in [2.24, 2.45) is 5.73 Å². The number of nitrogens with zero attached hydrogens (tertiary/aromatic N) is 4. The molecule has 7 rings (SSSR count). The molecule has 17 nitrogen and oxygen atoms in total. The molecule has 0 aliphatic heterocycles. The normalized spacial score (nSPS) is 13.3. The third kappa shape index (κ3) is 6.35. The van der Waals surface area contributed by atoms with Gasteiger partial charge in [-0.1, -0.05) is 29.4 Å². The predicted octanol–water partition coefficient (Wildman–Crippen LogP) is 1.38. The van der Waals surface area contributed by atoms with Crippen LogP contribution in [0.3, 0.4) is 0 Å². The highest BCUT2D eigenvalue weighted by molar-refractivity contribution is 5.96. The van der Waals surface area contributed by atoms with Gasteiger partial charge >= 0.3 is 11.7 Å². The minimum absolute atomic E-state index is 0. The second-order valence-corrected chi connectivity index (χ2v) is 10.5. The Morgan fingerprint density at radius 1 is 1.08 bits per heavy atom. The Balaban J connectivity index is 0.000000224. The SMILES string of the molecule is Cl.NCc1cccc(Nc2c(N)c(=O)c2=O)c1.O=C(N[C@H]1CCc2cc(-c3noc(=O)[nH]3)ccc21)c1cc(C(=O)O)n2cc(O)nc2n1. The van der Waals surface area contributed by atoms with E-state index >= 15 is 0 Å². The molecule has 0 radical (unpaired) electrons. The zero-order chi connectivity index (χ0) is 33.4. The first-order valence-corrected chi connectivity index (χ1v) is 14.0. The number of imidazole rings is 1. The van der Waals surface area contributed by atoms with Crippen molar-refractivity contribution in [3.05, 3.63) is 114 Å². The van der Waals surface area contributed by atoms with Crippen molar-refractivity contribution < 1.29 is 24.3 Å². The van der Waals surface area contributed by atoms with Gasteiger partial charge < -0.3 is 32.3 Å². The molecule has 0 saturated carbocycles. The summed E-state index contributed by atoms with van der Waals surface area (Å²) in [5.74, 6) is -2.67. The van der Waals surface area contributed by atoms with Crippen LogP contribution in [0.25, 0.3) is 17.2 Å². The molecule has 1 aliphatic rings. The second-order valence-electron chi connectivity index (χ2n) is 10.5. The minimum Gasteiger partial charge on any atom is -0.492 e. The number of benzene rings is 2. The molecule has 0 bridgehead atoms. The molecule has 3 heterocycles. The number of hydrogen-bond acceptors (Lipinski definition) is 13. The Hall–Kier alpha value is -6.33. The van der Waals surface area contributed by atoms with E-state index in [1.54, 1.807) is 18.2 Å². The maximum atomic E-state index is 12.8. The summed E-state index contributed by atoms with van der Waals surface area (Å²) in [7, 11) is 0. The van der Waals surface area contributed by atoms with Crippen molar-refractivity contribution in [1.82, 2.24) is 29.8 Å². The number of hydrogen-bond donors (Lipinski definition) is 7. The number of H-pyrrole nitrogens is 1. The van der Waals surface area contributed by atoms with E-state index in [9.17, 15) is 34.2 Å². The maximum absolute atomic E-state index is 12.8. The molecule has 0 saturated heterocycles. The van der Waals surface area contributed by atoms with Gasteiger partial charge in [0.15, 0.2) is 5.82 Å². The number of halogens is 1. The summed E-state index contributed by atoms with van der Waals surface area (Å²) in [6.45, 7) is 0.414. The topological polar surface area (TPSA) is 274 Å². The fourth-order valence-electron chi connectivity index (χ4n) is 5.19. The molecule has 9 N–H and O–H groups in total. The van der Waals surface area contributed by atoms with Crippen molar-refractivity contribution in [2.45, 2.75) is 25.4 Å². The van der Waals surface area contributed by atoms with Gasteiger partial charge in [-0.25, -0.2) is 14.6 Å². The number of aromatic carboxylic acids is 1. The number of amides is 1.